The Balaban J connectivity index is 0.00000529. The van der Waals surface area contributed by atoms with E-state index in [9.17, 15) is 17.6 Å². The Kier molecular flexibility index (Phi) is 10.9. The molecule has 0 amide bonds. The van der Waals surface area contributed by atoms with Crippen molar-refractivity contribution in [3.63, 3.8) is 0 Å². The zero-order valence-corrected chi connectivity index (χ0v) is 33.3. The minimum absolute atomic E-state index is 0. The van der Waals surface area contributed by atoms with E-state index in [4.69, 9.17) is 15.0 Å². The molecule has 0 unspecified atom stereocenters. The second-order valence-electron chi connectivity index (χ2n) is 14.2. The number of alkyl halides is 9. The van der Waals surface area contributed by atoms with E-state index < -0.39 is 40.1 Å². The fourth-order valence-electron chi connectivity index (χ4n) is 7.55. The quantitative estimate of drug-likeness (QED) is 0.0866. The molecular formula is C48H27ClF8N4Ni. The average Bonchev–Trinajstić information content (AvgIpc) is 4.09. The van der Waals surface area contributed by atoms with Crippen LogP contribution in [0.25, 0.3) is 90.4 Å². The largest absolute Gasteiger partial charge is 2.00 e. The van der Waals surface area contributed by atoms with E-state index in [-0.39, 0.29) is 49.7 Å². The summed E-state index contributed by atoms with van der Waals surface area (Å²) in [6, 6.07) is 40.4. The van der Waals surface area contributed by atoms with Gasteiger partial charge in [0.05, 0.1) is 28.3 Å². The molecule has 8 bridgehead atoms. The maximum atomic E-state index is 16.8. The molecule has 4 aromatic carbocycles. The predicted octanol–water partition coefficient (Wildman–Crippen LogP) is 13.7. The Bertz CT molecular complexity index is 3040. The second kappa shape index (κ2) is 15.9. The zero-order chi connectivity index (χ0) is 42.7. The van der Waals surface area contributed by atoms with Gasteiger partial charge in [0.1, 0.15) is 0 Å². The molecule has 5 heterocycles. The van der Waals surface area contributed by atoms with E-state index >= 15 is 17.6 Å². The SMILES string of the molecule is FC(F)(Cl)C(F)(F)C(F)(F)C(F)(F)C1=Cc2nc1c(-c1ccccc1)c1ccc([n-]1)c(-c1ccccc1)c1nc(c(-c3ccccc3)c3ccc([n-]3)c2-c2ccccc2)C=C1.[Ni+2]. The van der Waals surface area contributed by atoms with Crippen molar-refractivity contribution in [3.05, 3.63) is 168 Å². The maximum absolute atomic E-state index is 16.8. The van der Waals surface area contributed by atoms with Gasteiger partial charge in [-0.05, 0) is 74.3 Å². The fourth-order valence-corrected chi connectivity index (χ4v) is 7.67. The molecule has 7 aromatic rings. The minimum atomic E-state index is -6.76. The first-order chi connectivity index (χ1) is 29.2. The molecule has 0 saturated heterocycles. The van der Waals surface area contributed by atoms with Crippen LogP contribution in [-0.2, 0) is 16.5 Å². The number of nitrogens with zero attached hydrogens (tertiary/aromatic N) is 4. The summed E-state index contributed by atoms with van der Waals surface area (Å²) in [6.07, 6.45) is 4.17. The Labute approximate surface area is 363 Å². The molecule has 14 heteroatoms. The van der Waals surface area contributed by atoms with E-state index in [1.165, 1.54) is 18.2 Å². The molecule has 0 saturated carbocycles. The number of hydrogen-bond acceptors (Lipinski definition) is 2. The van der Waals surface area contributed by atoms with Gasteiger partial charge in [0.25, 0.3) is 0 Å². The van der Waals surface area contributed by atoms with E-state index in [0.29, 0.717) is 45.2 Å². The topological polar surface area (TPSA) is 54.0 Å². The number of fused-ring (bicyclic) bond motifs is 8. The van der Waals surface area contributed by atoms with E-state index in [0.717, 1.165) is 5.56 Å². The molecule has 312 valence electrons. The average molecular weight is 906 g/mol. The predicted molar refractivity (Wildman–Crippen MR) is 223 cm³/mol. The van der Waals surface area contributed by atoms with Crippen molar-refractivity contribution in [1.82, 2.24) is 19.9 Å². The van der Waals surface area contributed by atoms with Crippen LogP contribution in [0, 0.1) is 0 Å². The van der Waals surface area contributed by atoms with Crippen molar-refractivity contribution in [2.24, 2.45) is 0 Å². The Morgan fingerprint density at radius 3 is 1.11 bits per heavy atom. The van der Waals surface area contributed by atoms with Gasteiger partial charge in [-0.1, -0.05) is 146 Å². The van der Waals surface area contributed by atoms with Gasteiger partial charge in [-0.25, -0.2) is 9.97 Å². The molecule has 2 aliphatic rings. The molecule has 2 aliphatic heterocycles. The summed E-state index contributed by atoms with van der Waals surface area (Å²) in [5.74, 6) is -19.5. The standard InChI is InChI=1S/C48H27ClF8N4.Ni/c49-48(56,57)47(54,55)46(52,53)45(50,51)32-27-39-42(30-17-9-3-10-18-30)37-24-23-35(59-37)40(28-13-5-1-6-14-28)33-21-22-34(58-33)41(29-15-7-2-8-16-29)36-25-26-38(60-36)43(44(32)61-39)31-19-11-4-12-20-31;/h1-27H;/q-2;+2. The van der Waals surface area contributed by atoms with Crippen molar-refractivity contribution in [1.29, 1.82) is 0 Å². The molecule has 0 spiro atoms. The summed E-state index contributed by atoms with van der Waals surface area (Å²) in [4.78, 5) is 19.5. The van der Waals surface area contributed by atoms with Crippen LogP contribution in [-0.4, -0.2) is 33.1 Å². The first-order valence-corrected chi connectivity index (χ1v) is 19.1. The Morgan fingerprint density at radius 2 is 0.742 bits per heavy atom. The zero-order valence-electron chi connectivity index (χ0n) is 31.6. The monoisotopic (exact) mass is 904 g/mol. The van der Waals surface area contributed by atoms with Crippen molar-refractivity contribution >= 4 is 57.5 Å². The summed E-state index contributed by atoms with van der Waals surface area (Å²) < 4.78 is 123. The third kappa shape index (κ3) is 7.03. The van der Waals surface area contributed by atoms with Crippen molar-refractivity contribution < 1.29 is 51.6 Å². The van der Waals surface area contributed by atoms with Gasteiger partial charge in [-0.3, -0.25) is 0 Å². The minimum Gasteiger partial charge on any atom is -0.657 e. The van der Waals surface area contributed by atoms with E-state index in [1.54, 1.807) is 84.9 Å². The molecule has 0 aliphatic carbocycles. The summed E-state index contributed by atoms with van der Waals surface area (Å²) in [5.41, 5.74) is 1.42. The molecule has 62 heavy (non-hydrogen) atoms. The van der Waals surface area contributed by atoms with Crippen molar-refractivity contribution in [2.45, 2.75) is 23.1 Å². The first-order valence-electron chi connectivity index (χ1n) is 18.7. The maximum Gasteiger partial charge on any atom is 2.00 e. The first kappa shape index (κ1) is 42.4. The normalized spacial score (nSPS) is 13.1. The van der Waals surface area contributed by atoms with Crippen LogP contribution < -0.4 is 9.97 Å². The van der Waals surface area contributed by atoms with Gasteiger partial charge in [0.2, 0.25) is 0 Å². The number of rotatable bonds is 8. The Morgan fingerprint density at radius 1 is 0.403 bits per heavy atom. The molecule has 4 nitrogen and oxygen atoms in total. The van der Waals surface area contributed by atoms with Gasteiger partial charge in [-0.15, -0.1) is 22.1 Å². The number of aromatic nitrogens is 4. The van der Waals surface area contributed by atoms with Crippen LogP contribution in [0.5, 0.6) is 0 Å². The number of allylic oxidation sites excluding steroid dienone is 1. The molecule has 9 rings (SSSR count). The van der Waals surface area contributed by atoms with Crippen LogP contribution in [0.3, 0.4) is 0 Å². The molecule has 0 atom stereocenters. The van der Waals surface area contributed by atoms with Crippen LogP contribution in [0.4, 0.5) is 35.1 Å². The summed E-state index contributed by atoms with van der Waals surface area (Å²) in [7, 11) is 0. The molecule has 0 N–H and O–H groups in total. The van der Waals surface area contributed by atoms with Gasteiger partial charge in [-0.2, -0.15) is 35.1 Å². The van der Waals surface area contributed by atoms with Gasteiger partial charge < -0.3 is 9.97 Å². The fraction of sp³-hybridized carbons (Fsp3) is 0.0833. The van der Waals surface area contributed by atoms with Crippen molar-refractivity contribution in [2.75, 3.05) is 0 Å². The van der Waals surface area contributed by atoms with Gasteiger partial charge in [0.15, 0.2) is 0 Å². The van der Waals surface area contributed by atoms with Crippen molar-refractivity contribution in [3.8, 4) is 44.5 Å². The van der Waals surface area contributed by atoms with E-state index in [1.807, 2.05) is 54.6 Å². The summed E-state index contributed by atoms with van der Waals surface area (Å²) in [6.45, 7) is 0. The van der Waals surface area contributed by atoms with Crippen LogP contribution in [0.2, 0.25) is 0 Å². The molecule has 0 fully saturated rings. The van der Waals surface area contributed by atoms with Crippen LogP contribution >= 0.6 is 11.6 Å². The third-order valence-corrected chi connectivity index (χ3v) is 10.7. The Hall–Kier alpha value is -6.30. The van der Waals surface area contributed by atoms with Crippen LogP contribution in [0.1, 0.15) is 22.8 Å². The summed E-state index contributed by atoms with van der Waals surface area (Å²) >= 11 is 4.45. The van der Waals surface area contributed by atoms with E-state index in [2.05, 4.69) is 16.6 Å². The molecular weight excluding hydrogens is 879 g/mol. The molecule has 3 aromatic heterocycles. The second-order valence-corrected chi connectivity index (χ2v) is 14.7. The third-order valence-electron chi connectivity index (χ3n) is 10.5. The summed E-state index contributed by atoms with van der Waals surface area (Å²) in [5, 5.41) is -6.08. The smallest absolute Gasteiger partial charge is 0.657 e. The molecule has 0 radical (unpaired) electrons. The van der Waals surface area contributed by atoms with Gasteiger partial charge in [0, 0.05) is 0 Å². The number of benzene rings is 4. The van der Waals surface area contributed by atoms with Gasteiger partial charge >= 0.3 is 39.6 Å². The number of hydrogen-bond donors (Lipinski definition) is 0. The number of halogens is 9. The van der Waals surface area contributed by atoms with Crippen LogP contribution in [0.15, 0.2) is 146 Å².